The Kier molecular flexibility index (Phi) is 4.02. The van der Waals surface area contributed by atoms with Crippen molar-refractivity contribution in [3.05, 3.63) is 35.2 Å². The van der Waals surface area contributed by atoms with Crippen molar-refractivity contribution in [1.29, 1.82) is 0 Å². The van der Waals surface area contributed by atoms with E-state index < -0.39 is 0 Å². The number of amides is 2. The summed E-state index contributed by atoms with van der Waals surface area (Å²) in [5, 5.41) is 1.24. The second-order valence-corrected chi connectivity index (χ2v) is 8.19. The maximum atomic E-state index is 12.9. The molecule has 6 heteroatoms. The van der Waals surface area contributed by atoms with Gasteiger partial charge in [0.2, 0.25) is 5.91 Å². The summed E-state index contributed by atoms with van der Waals surface area (Å²) in [6.45, 7) is 4.29. The van der Waals surface area contributed by atoms with Gasteiger partial charge in [0.15, 0.2) is 0 Å². The molecule has 0 aliphatic carbocycles. The van der Waals surface area contributed by atoms with Gasteiger partial charge in [-0.25, -0.2) is 0 Å². The number of carbonyl (C=O) groups is 2. The molecule has 1 aliphatic heterocycles. The standard InChI is InChI=1S/C18H18N2O2S2/c1-12(21)19-7-4-8-20(10-9-19)18(22)16-11-15-17(24-16)13-5-2-3-6-14(13)23-15/h2-3,5-6,11H,4,7-10H2,1H3. The molecule has 1 aromatic carbocycles. The monoisotopic (exact) mass is 358 g/mol. The first kappa shape index (κ1) is 15.6. The van der Waals surface area contributed by atoms with Gasteiger partial charge in [-0.15, -0.1) is 22.7 Å². The van der Waals surface area contributed by atoms with Crippen LogP contribution >= 0.6 is 22.7 Å². The third kappa shape index (κ3) is 2.70. The average Bonchev–Trinajstić information content (AvgIpc) is 3.01. The Morgan fingerprint density at radius 2 is 1.71 bits per heavy atom. The van der Waals surface area contributed by atoms with Gasteiger partial charge in [-0.2, -0.15) is 0 Å². The van der Waals surface area contributed by atoms with Crippen molar-refractivity contribution in [3.8, 4) is 0 Å². The van der Waals surface area contributed by atoms with Crippen molar-refractivity contribution < 1.29 is 9.59 Å². The Morgan fingerprint density at radius 1 is 0.958 bits per heavy atom. The molecule has 4 nitrogen and oxygen atoms in total. The quantitative estimate of drug-likeness (QED) is 0.664. The van der Waals surface area contributed by atoms with Gasteiger partial charge in [0.05, 0.1) is 9.58 Å². The van der Waals surface area contributed by atoms with Gasteiger partial charge in [0, 0.05) is 47.9 Å². The van der Waals surface area contributed by atoms with Crippen molar-refractivity contribution in [2.24, 2.45) is 0 Å². The fourth-order valence-electron chi connectivity index (χ4n) is 3.20. The largest absolute Gasteiger partial charge is 0.341 e. The molecule has 0 unspecified atom stereocenters. The van der Waals surface area contributed by atoms with Crippen LogP contribution in [0.25, 0.3) is 19.5 Å². The van der Waals surface area contributed by atoms with Crippen LogP contribution in [0.3, 0.4) is 0 Å². The van der Waals surface area contributed by atoms with Gasteiger partial charge in [-0.1, -0.05) is 18.2 Å². The molecule has 0 saturated carbocycles. The topological polar surface area (TPSA) is 40.6 Å². The van der Waals surface area contributed by atoms with Crippen LogP contribution in [0.15, 0.2) is 30.3 Å². The second-order valence-electron chi connectivity index (χ2n) is 6.05. The molecule has 3 heterocycles. The first-order valence-electron chi connectivity index (χ1n) is 8.09. The van der Waals surface area contributed by atoms with Crippen LogP contribution in [0.5, 0.6) is 0 Å². The Bertz CT molecular complexity index is 928. The number of benzene rings is 1. The molecule has 2 aromatic heterocycles. The highest BCUT2D eigenvalue weighted by molar-refractivity contribution is 7.33. The predicted molar refractivity (Wildman–Crippen MR) is 100.0 cm³/mol. The molecule has 1 saturated heterocycles. The molecule has 124 valence electrons. The fraction of sp³-hybridized carbons (Fsp3) is 0.333. The van der Waals surface area contributed by atoms with Gasteiger partial charge in [-0.05, 0) is 18.6 Å². The molecule has 3 aromatic rings. The summed E-state index contributed by atoms with van der Waals surface area (Å²) in [6.07, 6.45) is 0.841. The van der Waals surface area contributed by atoms with Crippen molar-refractivity contribution in [2.75, 3.05) is 26.2 Å². The highest BCUT2D eigenvalue weighted by Gasteiger charge is 2.23. The SMILES string of the molecule is CC(=O)N1CCCN(C(=O)c2cc3sc4ccccc4c3s2)CC1. The zero-order chi connectivity index (χ0) is 16.7. The molecule has 24 heavy (non-hydrogen) atoms. The van der Waals surface area contributed by atoms with Gasteiger partial charge < -0.3 is 9.80 Å². The molecule has 0 spiro atoms. The summed E-state index contributed by atoms with van der Waals surface area (Å²) in [5.74, 6) is 0.185. The van der Waals surface area contributed by atoms with E-state index in [2.05, 4.69) is 12.1 Å². The van der Waals surface area contributed by atoms with E-state index in [-0.39, 0.29) is 11.8 Å². The van der Waals surface area contributed by atoms with E-state index in [1.54, 1.807) is 29.6 Å². The number of hydrogen-bond acceptors (Lipinski definition) is 4. The number of nitrogens with zero attached hydrogens (tertiary/aromatic N) is 2. The lowest BCUT2D eigenvalue weighted by Gasteiger charge is -2.20. The number of carbonyl (C=O) groups excluding carboxylic acids is 2. The highest BCUT2D eigenvalue weighted by Crippen LogP contribution is 2.39. The number of thiophene rings is 2. The molecule has 4 rings (SSSR count). The van der Waals surface area contributed by atoms with E-state index in [1.807, 2.05) is 28.0 Å². The lowest BCUT2D eigenvalue weighted by atomic mass is 10.2. The van der Waals surface area contributed by atoms with Crippen LogP contribution in [0.2, 0.25) is 0 Å². The van der Waals surface area contributed by atoms with Crippen LogP contribution in [-0.4, -0.2) is 47.8 Å². The average molecular weight is 358 g/mol. The maximum Gasteiger partial charge on any atom is 0.264 e. The number of hydrogen-bond donors (Lipinski definition) is 0. The van der Waals surface area contributed by atoms with Crippen LogP contribution in [0.4, 0.5) is 0 Å². The minimum absolute atomic E-state index is 0.0902. The van der Waals surface area contributed by atoms with E-state index in [0.29, 0.717) is 13.1 Å². The van der Waals surface area contributed by atoms with Gasteiger partial charge >= 0.3 is 0 Å². The van der Waals surface area contributed by atoms with Crippen LogP contribution in [0.1, 0.15) is 23.0 Å². The molecule has 0 atom stereocenters. The maximum absolute atomic E-state index is 12.9. The fourth-order valence-corrected chi connectivity index (χ4v) is 5.69. The number of rotatable bonds is 1. The number of fused-ring (bicyclic) bond motifs is 3. The van der Waals surface area contributed by atoms with Crippen LogP contribution in [-0.2, 0) is 4.79 Å². The summed E-state index contributed by atoms with van der Waals surface area (Å²) in [4.78, 5) is 28.9. The molecule has 0 bridgehead atoms. The molecular weight excluding hydrogens is 340 g/mol. The van der Waals surface area contributed by atoms with E-state index >= 15 is 0 Å². The molecule has 2 amide bonds. The molecule has 0 radical (unpaired) electrons. The molecule has 1 aliphatic rings. The van der Waals surface area contributed by atoms with Crippen molar-refractivity contribution >= 4 is 54.0 Å². The Morgan fingerprint density at radius 3 is 2.54 bits per heavy atom. The summed E-state index contributed by atoms with van der Waals surface area (Å²) >= 11 is 3.33. The molecule has 0 N–H and O–H groups in total. The Hall–Kier alpha value is -1.92. The van der Waals surface area contributed by atoms with Gasteiger partial charge in [-0.3, -0.25) is 9.59 Å². The van der Waals surface area contributed by atoms with Gasteiger partial charge in [0.25, 0.3) is 5.91 Å². The lowest BCUT2D eigenvalue weighted by Crippen LogP contribution is -2.36. The second kappa shape index (κ2) is 6.18. The van der Waals surface area contributed by atoms with Crippen molar-refractivity contribution in [1.82, 2.24) is 9.80 Å². The third-order valence-electron chi connectivity index (χ3n) is 4.49. The van der Waals surface area contributed by atoms with E-state index in [1.165, 1.54) is 19.5 Å². The molecular formula is C18H18N2O2S2. The van der Waals surface area contributed by atoms with Gasteiger partial charge in [0.1, 0.15) is 0 Å². The lowest BCUT2D eigenvalue weighted by molar-refractivity contribution is -0.128. The van der Waals surface area contributed by atoms with Crippen molar-refractivity contribution in [2.45, 2.75) is 13.3 Å². The minimum atomic E-state index is 0.0902. The van der Waals surface area contributed by atoms with Crippen molar-refractivity contribution in [3.63, 3.8) is 0 Å². The summed E-state index contributed by atoms with van der Waals surface area (Å²) in [5.41, 5.74) is 0. The minimum Gasteiger partial charge on any atom is -0.341 e. The molecule has 1 fully saturated rings. The summed E-state index contributed by atoms with van der Waals surface area (Å²) < 4.78 is 3.66. The zero-order valence-corrected chi connectivity index (χ0v) is 15.1. The smallest absolute Gasteiger partial charge is 0.264 e. The summed E-state index contributed by atoms with van der Waals surface area (Å²) in [7, 11) is 0. The highest BCUT2D eigenvalue weighted by atomic mass is 32.1. The van der Waals surface area contributed by atoms with E-state index in [4.69, 9.17) is 0 Å². The van der Waals surface area contributed by atoms with E-state index in [0.717, 1.165) is 24.4 Å². The van der Waals surface area contributed by atoms with E-state index in [9.17, 15) is 9.59 Å². The third-order valence-corrected chi connectivity index (χ3v) is 6.89. The summed E-state index contributed by atoms with van der Waals surface area (Å²) in [6, 6.07) is 10.4. The Labute approximate surface area is 148 Å². The zero-order valence-electron chi connectivity index (χ0n) is 13.4. The first-order chi connectivity index (χ1) is 11.6. The predicted octanol–water partition coefficient (Wildman–Crippen LogP) is 3.81. The van der Waals surface area contributed by atoms with Crippen LogP contribution < -0.4 is 0 Å². The normalized spacial score (nSPS) is 15.9. The Balaban J connectivity index is 1.60. The van der Waals surface area contributed by atoms with Crippen LogP contribution in [0, 0.1) is 0 Å². The first-order valence-corrected chi connectivity index (χ1v) is 9.72.